The molecule has 7 nitrogen and oxygen atoms in total. The SMILES string of the molecule is Cc1ccccc1Nc1nc(N)nc(C[NH+]2CCN(c3ccccc3C)CC2)n1. The van der Waals surface area contributed by atoms with Crippen LogP contribution in [0.4, 0.5) is 23.3 Å². The highest BCUT2D eigenvalue weighted by molar-refractivity contribution is 5.58. The Balaban J connectivity index is 1.41. The first-order valence-corrected chi connectivity index (χ1v) is 10.1. The van der Waals surface area contributed by atoms with Crippen LogP contribution in [0.2, 0.25) is 0 Å². The maximum absolute atomic E-state index is 5.95. The van der Waals surface area contributed by atoms with E-state index < -0.39 is 0 Å². The van der Waals surface area contributed by atoms with Crippen molar-refractivity contribution in [3.05, 3.63) is 65.5 Å². The van der Waals surface area contributed by atoms with Gasteiger partial charge in [0.25, 0.3) is 0 Å². The van der Waals surface area contributed by atoms with E-state index in [0.717, 1.165) is 49.8 Å². The zero-order valence-corrected chi connectivity index (χ0v) is 17.0. The Kier molecular flexibility index (Phi) is 5.57. The van der Waals surface area contributed by atoms with Crippen molar-refractivity contribution in [1.82, 2.24) is 15.0 Å². The lowest BCUT2D eigenvalue weighted by Gasteiger charge is -2.34. The van der Waals surface area contributed by atoms with Gasteiger partial charge in [-0.05, 0) is 37.1 Å². The molecule has 1 aliphatic heterocycles. The summed E-state index contributed by atoms with van der Waals surface area (Å²) in [4.78, 5) is 17.1. The van der Waals surface area contributed by atoms with Gasteiger partial charge in [-0.15, -0.1) is 0 Å². The van der Waals surface area contributed by atoms with Crippen molar-refractivity contribution in [3.63, 3.8) is 0 Å². The molecule has 0 radical (unpaired) electrons. The number of benzene rings is 2. The number of hydrogen-bond donors (Lipinski definition) is 3. The molecule has 0 unspecified atom stereocenters. The molecule has 1 aromatic heterocycles. The van der Waals surface area contributed by atoms with E-state index in [1.165, 1.54) is 16.2 Å². The van der Waals surface area contributed by atoms with Crippen LogP contribution >= 0.6 is 0 Å². The number of rotatable bonds is 5. The Morgan fingerprint density at radius 3 is 2.34 bits per heavy atom. The molecule has 0 amide bonds. The van der Waals surface area contributed by atoms with Crippen LogP contribution in [0.15, 0.2) is 48.5 Å². The van der Waals surface area contributed by atoms with Crippen molar-refractivity contribution in [2.45, 2.75) is 20.4 Å². The summed E-state index contributed by atoms with van der Waals surface area (Å²) < 4.78 is 0. The summed E-state index contributed by atoms with van der Waals surface area (Å²) in [5, 5.41) is 3.27. The molecule has 0 bridgehead atoms. The van der Waals surface area contributed by atoms with E-state index in [4.69, 9.17) is 5.73 Å². The maximum atomic E-state index is 5.95. The number of nitrogens with zero attached hydrogens (tertiary/aromatic N) is 4. The lowest BCUT2D eigenvalue weighted by atomic mass is 10.1. The van der Waals surface area contributed by atoms with E-state index in [1.54, 1.807) is 0 Å². The van der Waals surface area contributed by atoms with Crippen molar-refractivity contribution in [2.24, 2.45) is 0 Å². The van der Waals surface area contributed by atoms with Crippen LogP contribution in [0.5, 0.6) is 0 Å². The lowest BCUT2D eigenvalue weighted by molar-refractivity contribution is -0.915. The standard InChI is InChI=1S/C22H27N7/c1-16-7-3-5-9-18(16)24-22-26-20(25-21(23)27-22)15-28-11-13-29(14-12-28)19-10-6-4-8-17(19)2/h3-10H,11-15H2,1-2H3,(H3,23,24,25,26,27)/p+1. The maximum Gasteiger partial charge on any atom is 0.232 e. The van der Waals surface area contributed by atoms with Crippen LogP contribution < -0.4 is 20.9 Å². The number of anilines is 4. The number of para-hydroxylation sites is 2. The number of quaternary nitrogens is 1. The number of hydrogen-bond acceptors (Lipinski definition) is 6. The van der Waals surface area contributed by atoms with Crippen molar-refractivity contribution in [3.8, 4) is 0 Å². The van der Waals surface area contributed by atoms with Crippen molar-refractivity contribution < 1.29 is 4.90 Å². The van der Waals surface area contributed by atoms with Crippen molar-refractivity contribution in [2.75, 3.05) is 42.1 Å². The Morgan fingerprint density at radius 1 is 0.931 bits per heavy atom. The number of nitrogens with one attached hydrogen (secondary N) is 2. The number of aryl methyl sites for hydroxylation is 2. The van der Waals surface area contributed by atoms with Gasteiger partial charge in [0.1, 0.15) is 6.54 Å². The number of piperazine rings is 1. The predicted molar refractivity (Wildman–Crippen MR) is 116 cm³/mol. The predicted octanol–water partition coefficient (Wildman–Crippen LogP) is 1.72. The molecule has 3 aromatic rings. The summed E-state index contributed by atoms with van der Waals surface area (Å²) in [5.41, 5.74) is 10.7. The topological polar surface area (TPSA) is 84.4 Å². The van der Waals surface area contributed by atoms with Crippen LogP contribution in [0.3, 0.4) is 0 Å². The van der Waals surface area contributed by atoms with Gasteiger partial charge in [-0.2, -0.15) is 15.0 Å². The van der Waals surface area contributed by atoms with E-state index >= 15 is 0 Å². The third-order valence-electron chi connectivity index (χ3n) is 5.43. The summed E-state index contributed by atoms with van der Waals surface area (Å²) >= 11 is 0. The Hall–Kier alpha value is -3.19. The summed E-state index contributed by atoms with van der Waals surface area (Å²) in [6, 6.07) is 16.6. The van der Waals surface area contributed by atoms with Gasteiger partial charge in [0.2, 0.25) is 11.9 Å². The molecule has 0 saturated carbocycles. The minimum Gasteiger partial charge on any atom is -0.368 e. The highest BCUT2D eigenvalue weighted by atomic mass is 15.3. The van der Waals surface area contributed by atoms with Gasteiger partial charge >= 0.3 is 0 Å². The first-order chi connectivity index (χ1) is 14.1. The summed E-state index contributed by atoms with van der Waals surface area (Å²) in [6.45, 7) is 9.10. The highest BCUT2D eigenvalue weighted by Crippen LogP contribution is 2.19. The Labute approximate surface area is 171 Å². The fraction of sp³-hybridized carbons (Fsp3) is 0.318. The van der Waals surface area contributed by atoms with Gasteiger partial charge in [0, 0.05) is 11.4 Å². The van der Waals surface area contributed by atoms with Crippen LogP contribution in [-0.2, 0) is 6.54 Å². The summed E-state index contributed by atoms with van der Waals surface area (Å²) in [6.07, 6.45) is 0. The molecule has 1 fully saturated rings. The molecule has 2 heterocycles. The summed E-state index contributed by atoms with van der Waals surface area (Å²) in [5.74, 6) is 1.48. The molecule has 29 heavy (non-hydrogen) atoms. The van der Waals surface area contributed by atoms with E-state index in [9.17, 15) is 0 Å². The third-order valence-corrected chi connectivity index (χ3v) is 5.43. The second-order valence-electron chi connectivity index (χ2n) is 7.57. The van der Waals surface area contributed by atoms with Gasteiger partial charge in [-0.1, -0.05) is 36.4 Å². The molecule has 150 valence electrons. The fourth-order valence-corrected chi connectivity index (χ4v) is 3.79. The lowest BCUT2D eigenvalue weighted by Crippen LogP contribution is -3.13. The minimum atomic E-state index is 0.254. The fourth-order valence-electron chi connectivity index (χ4n) is 3.79. The van der Waals surface area contributed by atoms with E-state index in [2.05, 4.69) is 56.4 Å². The average molecular weight is 391 g/mol. The molecule has 0 spiro atoms. The molecule has 4 rings (SSSR count). The molecular weight excluding hydrogens is 362 g/mol. The average Bonchev–Trinajstić information content (AvgIpc) is 2.70. The Bertz CT molecular complexity index is 980. The zero-order valence-electron chi connectivity index (χ0n) is 17.0. The second-order valence-corrected chi connectivity index (χ2v) is 7.57. The van der Waals surface area contributed by atoms with Gasteiger partial charge in [0.05, 0.1) is 26.2 Å². The van der Waals surface area contributed by atoms with Crippen molar-refractivity contribution >= 4 is 23.3 Å². The molecule has 7 heteroatoms. The molecule has 0 atom stereocenters. The van der Waals surface area contributed by atoms with E-state index in [0.29, 0.717) is 5.95 Å². The zero-order chi connectivity index (χ0) is 20.2. The monoisotopic (exact) mass is 390 g/mol. The Morgan fingerprint density at radius 2 is 1.62 bits per heavy atom. The first kappa shape index (κ1) is 19.1. The van der Waals surface area contributed by atoms with Crippen molar-refractivity contribution in [1.29, 1.82) is 0 Å². The number of nitrogen functional groups attached to an aromatic ring is 1. The van der Waals surface area contributed by atoms with E-state index in [-0.39, 0.29) is 5.95 Å². The molecule has 1 saturated heterocycles. The molecule has 2 aromatic carbocycles. The smallest absolute Gasteiger partial charge is 0.232 e. The molecule has 0 aliphatic carbocycles. The van der Waals surface area contributed by atoms with Gasteiger partial charge in [0.15, 0.2) is 5.82 Å². The van der Waals surface area contributed by atoms with E-state index in [1.807, 2.05) is 31.2 Å². The van der Waals surface area contributed by atoms with Crippen LogP contribution in [0.1, 0.15) is 17.0 Å². The highest BCUT2D eigenvalue weighted by Gasteiger charge is 2.22. The largest absolute Gasteiger partial charge is 0.368 e. The quantitative estimate of drug-likeness (QED) is 0.615. The number of aromatic nitrogens is 3. The normalized spacial score (nSPS) is 14.8. The first-order valence-electron chi connectivity index (χ1n) is 10.1. The number of nitrogens with two attached hydrogens (primary N) is 1. The van der Waals surface area contributed by atoms with Gasteiger partial charge in [-0.3, -0.25) is 0 Å². The second kappa shape index (κ2) is 8.45. The molecule has 4 N–H and O–H groups in total. The van der Waals surface area contributed by atoms with Gasteiger partial charge < -0.3 is 20.9 Å². The van der Waals surface area contributed by atoms with Crippen LogP contribution in [0.25, 0.3) is 0 Å². The van der Waals surface area contributed by atoms with Gasteiger partial charge in [-0.25, -0.2) is 0 Å². The molecular formula is C22H28N7+. The molecule has 1 aliphatic rings. The van der Waals surface area contributed by atoms with Crippen LogP contribution in [0, 0.1) is 13.8 Å². The summed E-state index contributed by atoms with van der Waals surface area (Å²) in [7, 11) is 0. The third kappa shape index (κ3) is 4.63. The van der Waals surface area contributed by atoms with Crippen LogP contribution in [-0.4, -0.2) is 41.1 Å². The minimum absolute atomic E-state index is 0.254.